The van der Waals surface area contributed by atoms with Gasteiger partial charge in [0.15, 0.2) is 5.82 Å². The van der Waals surface area contributed by atoms with E-state index >= 15 is 0 Å². The van der Waals surface area contributed by atoms with Crippen molar-refractivity contribution in [3.8, 4) is 0 Å². The predicted octanol–water partition coefficient (Wildman–Crippen LogP) is -0.883. The highest BCUT2D eigenvalue weighted by Crippen LogP contribution is 2.21. The summed E-state index contributed by atoms with van der Waals surface area (Å²) in [5.74, 6) is 0.881. The number of piperazine rings is 1. The van der Waals surface area contributed by atoms with Crippen LogP contribution in [0.15, 0.2) is 6.20 Å². The van der Waals surface area contributed by atoms with E-state index in [-0.39, 0.29) is 6.61 Å². The molecule has 0 aliphatic carbocycles. The first-order valence-corrected chi connectivity index (χ1v) is 5.58. The summed E-state index contributed by atoms with van der Waals surface area (Å²) in [6.45, 7) is 4.73. The number of aromatic nitrogens is 2. The minimum absolute atomic E-state index is 0.228. The van der Waals surface area contributed by atoms with Crippen molar-refractivity contribution >= 4 is 11.5 Å². The van der Waals surface area contributed by atoms with Crippen LogP contribution in [0.5, 0.6) is 0 Å². The minimum atomic E-state index is 0.228. The van der Waals surface area contributed by atoms with E-state index in [1.807, 2.05) is 13.2 Å². The molecule has 0 radical (unpaired) electrons. The molecular weight excluding hydrogens is 206 g/mol. The second-order valence-corrected chi connectivity index (χ2v) is 4.13. The third-order valence-electron chi connectivity index (χ3n) is 2.92. The van der Waals surface area contributed by atoms with Gasteiger partial charge in [-0.1, -0.05) is 0 Å². The summed E-state index contributed by atoms with van der Waals surface area (Å²) >= 11 is 0. The van der Waals surface area contributed by atoms with Crippen molar-refractivity contribution in [1.29, 1.82) is 0 Å². The molecule has 6 heteroatoms. The maximum Gasteiger partial charge on any atom is 0.173 e. The van der Waals surface area contributed by atoms with Crippen LogP contribution in [0, 0.1) is 0 Å². The van der Waals surface area contributed by atoms with Crippen molar-refractivity contribution < 1.29 is 5.11 Å². The van der Waals surface area contributed by atoms with Crippen LogP contribution in [0.1, 0.15) is 0 Å². The van der Waals surface area contributed by atoms with Gasteiger partial charge >= 0.3 is 0 Å². The Morgan fingerprint density at radius 3 is 2.56 bits per heavy atom. The molecule has 16 heavy (non-hydrogen) atoms. The van der Waals surface area contributed by atoms with Gasteiger partial charge in [0.1, 0.15) is 0 Å². The lowest BCUT2D eigenvalue weighted by Crippen LogP contribution is -2.47. The molecule has 3 N–H and O–H groups in total. The zero-order chi connectivity index (χ0) is 11.5. The Hall–Kier alpha value is -1.27. The molecule has 1 fully saturated rings. The van der Waals surface area contributed by atoms with Crippen LogP contribution >= 0.6 is 0 Å². The summed E-state index contributed by atoms with van der Waals surface area (Å²) in [6, 6.07) is 0. The molecule has 1 aromatic heterocycles. The Kier molecular flexibility index (Phi) is 3.31. The molecule has 1 saturated heterocycles. The van der Waals surface area contributed by atoms with E-state index in [9.17, 15) is 0 Å². The van der Waals surface area contributed by atoms with Gasteiger partial charge in [-0.25, -0.2) is 0 Å². The summed E-state index contributed by atoms with van der Waals surface area (Å²) in [4.78, 5) is 4.44. The summed E-state index contributed by atoms with van der Waals surface area (Å²) in [5.41, 5.74) is 6.62. The van der Waals surface area contributed by atoms with Crippen LogP contribution in [0.4, 0.5) is 11.5 Å². The quantitative estimate of drug-likeness (QED) is 0.699. The Labute approximate surface area is 95.2 Å². The smallest absolute Gasteiger partial charge is 0.173 e. The largest absolute Gasteiger partial charge is 0.395 e. The van der Waals surface area contributed by atoms with E-state index in [0.29, 0.717) is 0 Å². The van der Waals surface area contributed by atoms with E-state index < -0.39 is 0 Å². The van der Waals surface area contributed by atoms with Crippen molar-refractivity contribution in [2.45, 2.75) is 0 Å². The van der Waals surface area contributed by atoms with E-state index in [2.05, 4.69) is 14.9 Å². The van der Waals surface area contributed by atoms with Crippen LogP contribution in [0.3, 0.4) is 0 Å². The molecule has 6 nitrogen and oxygen atoms in total. The highest BCUT2D eigenvalue weighted by atomic mass is 16.3. The standard InChI is InChI=1S/C10H19N5O/c1-13-8-9(11)10(12-13)15-4-2-14(3-5-15)6-7-16/h8,16H,2-7,11H2,1H3. The Morgan fingerprint density at radius 1 is 1.38 bits per heavy atom. The Bertz CT molecular complexity index is 343. The van der Waals surface area contributed by atoms with Gasteiger partial charge in [-0.05, 0) is 0 Å². The normalized spacial score (nSPS) is 18.0. The fourth-order valence-corrected chi connectivity index (χ4v) is 2.07. The fraction of sp³-hybridized carbons (Fsp3) is 0.700. The number of nitrogens with zero attached hydrogens (tertiary/aromatic N) is 4. The van der Waals surface area contributed by atoms with Crippen molar-refractivity contribution in [3.05, 3.63) is 6.20 Å². The third kappa shape index (κ3) is 2.28. The number of nitrogen functional groups attached to an aromatic ring is 1. The zero-order valence-corrected chi connectivity index (χ0v) is 9.63. The highest BCUT2D eigenvalue weighted by Gasteiger charge is 2.20. The van der Waals surface area contributed by atoms with Gasteiger partial charge in [-0.3, -0.25) is 9.58 Å². The van der Waals surface area contributed by atoms with E-state index in [1.54, 1.807) is 4.68 Å². The number of hydrogen-bond acceptors (Lipinski definition) is 5. The number of hydrogen-bond donors (Lipinski definition) is 2. The summed E-state index contributed by atoms with van der Waals surface area (Å²) in [6.07, 6.45) is 1.83. The molecule has 0 aromatic carbocycles. The van der Waals surface area contributed by atoms with Crippen LogP contribution in [0.2, 0.25) is 0 Å². The summed E-state index contributed by atoms with van der Waals surface area (Å²) in [7, 11) is 1.88. The molecule has 0 bridgehead atoms. The van der Waals surface area contributed by atoms with E-state index in [1.165, 1.54) is 0 Å². The van der Waals surface area contributed by atoms with Crippen molar-refractivity contribution in [2.75, 3.05) is 50.0 Å². The monoisotopic (exact) mass is 225 g/mol. The SMILES string of the molecule is Cn1cc(N)c(N2CCN(CCO)CC2)n1. The van der Waals surface area contributed by atoms with Crippen LogP contribution < -0.4 is 10.6 Å². The number of aliphatic hydroxyl groups is 1. The van der Waals surface area contributed by atoms with Crippen molar-refractivity contribution in [3.63, 3.8) is 0 Å². The Balaban J connectivity index is 1.96. The fourth-order valence-electron chi connectivity index (χ4n) is 2.07. The molecule has 0 spiro atoms. The molecular formula is C10H19N5O. The molecule has 0 saturated carbocycles. The number of aryl methyl sites for hydroxylation is 1. The molecule has 1 aliphatic heterocycles. The number of nitrogens with two attached hydrogens (primary N) is 1. The predicted molar refractivity (Wildman–Crippen MR) is 63.4 cm³/mol. The maximum atomic E-state index is 8.86. The molecule has 2 heterocycles. The Morgan fingerprint density at radius 2 is 2.06 bits per heavy atom. The van der Waals surface area contributed by atoms with Crippen LogP contribution in [0.25, 0.3) is 0 Å². The van der Waals surface area contributed by atoms with Gasteiger partial charge in [-0.2, -0.15) is 5.10 Å². The number of aliphatic hydroxyl groups excluding tert-OH is 1. The van der Waals surface area contributed by atoms with Crippen molar-refractivity contribution in [2.24, 2.45) is 7.05 Å². The second kappa shape index (κ2) is 4.71. The molecule has 0 unspecified atom stereocenters. The van der Waals surface area contributed by atoms with Gasteiger partial charge in [0, 0.05) is 46.0 Å². The summed E-state index contributed by atoms with van der Waals surface area (Å²) < 4.78 is 1.74. The van der Waals surface area contributed by atoms with Crippen LogP contribution in [-0.2, 0) is 7.05 Å². The van der Waals surface area contributed by atoms with E-state index in [0.717, 1.165) is 44.2 Å². The lowest BCUT2D eigenvalue weighted by atomic mass is 10.3. The summed E-state index contributed by atoms with van der Waals surface area (Å²) in [5, 5.41) is 13.2. The topological polar surface area (TPSA) is 70.5 Å². The van der Waals surface area contributed by atoms with Crippen LogP contribution in [-0.4, -0.2) is 59.1 Å². The zero-order valence-electron chi connectivity index (χ0n) is 9.63. The average molecular weight is 225 g/mol. The minimum Gasteiger partial charge on any atom is -0.395 e. The second-order valence-electron chi connectivity index (χ2n) is 4.13. The van der Waals surface area contributed by atoms with E-state index in [4.69, 9.17) is 10.8 Å². The number of rotatable bonds is 3. The first-order chi connectivity index (χ1) is 7.70. The molecule has 2 rings (SSSR count). The average Bonchev–Trinajstić information content (AvgIpc) is 2.59. The number of β-amino-alcohol motifs (C(OH)–C–C–N with tert-alkyl or cyclic N) is 1. The lowest BCUT2D eigenvalue weighted by molar-refractivity contribution is 0.188. The van der Waals surface area contributed by atoms with Crippen molar-refractivity contribution in [1.82, 2.24) is 14.7 Å². The maximum absolute atomic E-state index is 8.86. The molecule has 1 aliphatic rings. The molecule has 1 aromatic rings. The number of anilines is 2. The first kappa shape index (κ1) is 11.2. The first-order valence-electron chi connectivity index (χ1n) is 5.58. The van der Waals surface area contributed by atoms with Gasteiger partial charge in [0.05, 0.1) is 12.3 Å². The highest BCUT2D eigenvalue weighted by molar-refractivity contribution is 5.61. The lowest BCUT2D eigenvalue weighted by Gasteiger charge is -2.34. The van der Waals surface area contributed by atoms with Gasteiger partial charge in [0.2, 0.25) is 0 Å². The third-order valence-corrected chi connectivity index (χ3v) is 2.92. The van der Waals surface area contributed by atoms with Gasteiger partial charge in [0.25, 0.3) is 0 Å². The van der Waals surface area contributed by atoms with Gasteiger partial charge < -0.3 is 15.7 Å². The molecule has 90 valence electrons. The molecule has 0 amide bonds. The van der Waals surface area contributed by atoms with Gasteiger partial charge in [-0.15, -0.1) is 0 Å². The molecule has 0 atom stereocenters.